The molecule has 0 amide bonds. The summed E-state index contributed by atoms with van der Waals surface area (Å²) in [5.41, 5.74) is 10.8. The fraction of sp³-hybridized carbons (Fsp3) is 0.500. The highest BCUT2D eigenvalue weighted by Crippen LogP contribution is 2.53. The van der Waals surface area contributed by atoms with E-state index >= 15 is 0 Å². The number of aliphatic hydroxyl groups is 2. The average molecular weight is 674 g/mol. The quantitative estimate of drug-likeness (QED) is 0.109. The lowest BCUT2D eigenvalue weighted by molar-refractivity contribution is -0.0672. The second kappa shape index (κ2) is 10.8. The number of anilines is 2. The van der Waals surface area contributed by atoms with E-state index in [1.54, 1.807) is 0 Å². The first kappa shape index (κ1) is 30.2. The van der Waals surface area contributed by atoms with Crippen molar-refractivity contribution >= 4 is 49.7 Å². The van der Waals surface area contributed by atoms with Crippen LogP contribution in [0, 0.1) is 0 Å². The Balaban J connectivity index is 1.21. The number of hydrogen-bond donors (Lipinski definition) is 7. The predicted molar refractivity (Wildman–Crippen MR) is 143 cm³/mol. The van der Waals surface area contributed by atoms with Crippen molar-refractivity contribution in [1.29, 1.82) is 0 Å². The van der Waals surface area contributed by atoms with Crippen LogP contribution in [-0.4, -0.2) is 109 Å². The molecular weight excluding hydrogens is 650 g/mol. The van der Waals surface area contributed by atoms with Gasteiger partial charge in [0.25, 0.3) is 5.56 Å². The number of imidazole rings is 2. The summed E-state index contributed by atoms with van der Waals surface area (Å²) in [6, 6.07) is 0. The van der Waals surface area contributed by atoms with Crippen LogP contribution in [0.2, 0.25) is 0 Å². The number of hydrogen-bond acceptors (Lipinski definition) is 18. The number of H-pyrrole nitrogens is 1. The highest BCUT2D eigenvalue weighted by atomic mass is 31.2. The van der Waals surface area contributed by atoms with Gasteiger partial charge in [-0.15, -0.1) is 0 Å². The lowest BCUT2D eigenvalue weighted by atomic mass is 10.1. The number of nitrogens with zero attached hydrogens (tertiary/aromatic N) is 7. The molecule has 242 valence electrons. The summed E-state index contributed by atoms with van der Waals surface area (Å²) in [5, 5.41) is 22.1. The number of phosphoric ester groups is 2. The normalized spacial score (nSPS) is 37.7. The van der Waals surface area contributed by atoms with Gasteiger partial charge in [0, 0.05) is 0 Å². The number of nitrogens with one attached hydrogen (secondary N) is 1. The van der Waals surface area contributed by atoms with E-state index in [1.807, 2.05) is 0 Å². The molecule has 0 radical (unpaired) electrons. The third-order valence-corrected chi connectivity index (χ3v) is 9.29. The number of phosphoric acid groups is 2. The number of aromatic nitrogens is 8. The minimum atomic E-state index is -5.11. The van der Waals surface area contributed by atoms with E-state index in [2.05, 4.69) is 29.9 Å². The van der Waals surface area contributed by atoms with Crippen LogP contribution in [0.3, 0.4) is 0 Å². The van der Waals surface area contributed by atoms with Crippen LogP contribution in [0.1, 0.15) is 12.5 Å². The van der Waals surface area contributed by atoms with Crippen molar-refractivity contribution in [3.05, 3.63) is 29.3 Å². The zero-order chi connectivity index (χ0) is 31.8. The first-order valence-corrected chi connectivity index (χ1v) is 15.9. The number of fused-ring (bicyclic) bond motifs is 5. The van der Waals surface area contributed by atoms with Crippen LogP contribution in [-0.2, 0) is 36.7 Å². The molecule has 4 aromatic heterocycles. The number of ether oxygens (including phenoxy) is 2. The maximum Gasteiger partial charge on any atom is 0.472 e. The summed E-state index contributed by atoms with van der Waals surface area (Å²) < 4.78 is 61.0. The number of nitrogens with two attached hydrogens (primary N) is 2. The van der Waals surface area contributed by atoms with Crippen LogP contribution in [0.15, 0.2) is 23.8 Å². The second-order valence-corrected chi connectivity index (χ2v) is 13.0. The van der Waals surface area contributed by atoms with Gasteiger partial charge >= 0.3 is 15.6 Å². The maximum atomic E-state index is 13.2. The molecule has 3 fully saturated rings. The lowest BCUT2D eigenvalue weighted by Gasteiger charge is -2.25. The number of aromatic amines is 1. The summed E-state index contributed by atoms with van der Waals surface area (Å²) in [6.07, 6.45) is -9.21. The fourth-order valence-corrected chi connectivity index (χ4v) is 7.19. The highest BCUT2D eigenvalue weighted by Gasteiger charge is 2.54. The summed E-state index contributed by atoms with van der Waals surface area (Å²) >= 11 is 0. The number of nitrogen functional groups attached to an aromatic ring is 2. The van der Waals surface area contributed by atoms with Crippen molar-refractivity contribution in [2.24, 2.45) is 0 Å². The van der Waals surface area contributed by atoms with E-state index < -0.39 is 83.5 Å². The third kappa shape index (κ3) is 5.31. The van der Waals surface area contributed by atoms with Crippen LogP contribution in [0.5, 0.6) is 0 Å². The smallest absolute Gasteiger partial charge is 0.387 e. The monoisotopic (exact) mass is 674 g/mol. The van der Waals surface area contributed by atoms with Crippen molar-refractivity contribution in [3.63, 3.8) is 0 Å². The van der Waals surface area contributed by atoms with E-state index in [4.69, 9.17) is 39.0 Å². The van der Waals surface area contributed by atoms with Gasteiger partial charge in [-0.05, 0) is 0 Å². The Morgan fingerprint density at radius 2 is 1.44 bits per heavy atom. The van der Waals surface area contributed by atoms with Gasteiger partial charge in [0.15, 0.2) is 35.1 Å². The highest BCUT2D eigenvalue weighted by molar-refractivity contribution is 7.47. The Hall–Kier alpha value is -3.44. The minimum Gasteiger partial charge on any atom is -0.387 e. The molecule has 4 unspecified atom stereocenters. The molecule has 25 heteroatoms. The van der Waals surface area contributed by atoms with Gasteiger partial charge in [-0.2, -0.15) is 4.98 Å². The Kier molecular flexibility index (Phi) is 7.27. The molecule has 0 aromatic carbocycles. The van der Waals surface area contributed by atoms with E-state index in [1.165, 1.54) is 10.9 Å². The van der Waals surface area contributed by atoms with Gasteiger partial charge in [0.05, 0.1) is 25.9 Å². The molecule has 45 heavy (non-hydrogen) atoms. The summed E-state index contributed by atoms with van der Waals surface area (Å²) in [5.74, 6) is -0.250. The molecule has 23 nitrogen and oxygen atoms in total. The zero-order valence-electron chi connectivity index (χ0n) is 22.4. The molecular formula is C20H24N10O13P2. The molecule has 3 aliphatic heterocycles. The molecule has 7 heterocycles. The topological polar surface area (TPSA) is 330 Å². The van der Waals surface area contributed by atoms with Crippen LogP contribution in [0.25, 0.3) is 22.3 Å². The van der Waals surface area contributed by atoms with E-state index in [0.29, 0.717) is 0 Å². The van der Waals surface area contributed by atoms with Crippen molar-refractivity contribution in [2.45, 2.75) is 49.1 Å². The Morgan fingerprint density at radius 1 is 0.822 bits per heavy atom. The molecule has 4 aromatic rings. The third-order valence-electron chi connectivity index (χ3n) is 7.32. The van der Waals surface area contributed by atoms with Crippen molar-refractivity contribution in [3.8, 4) is 0 Å². The summed E-state index contributed by atoms with van der Waals surface area (Å²) in [4.78, 5) is 55.8. The molecule has 0 spiro atoms. The van der Waals surface area contributed by atoms with Gasteiger partial charge in [-0.1, -0.05) is 0 Å². The van der Waals surface area contributed by atoms with Gasteiger partial charge < -0.3 is 40.9 Å². The first-order chi connectivity index (χ1) is 21.3. The molecule has 0 saturated carbocycles. The van der Waals surface area contributed by atoms with E-state index in [0.717, 1.165) is 17.2 Å². The van der Waals surface area contributed by atoms with Gasteiger partial charge in [0.2, 0.25) is 5.95 Å². The molecule has 3 saturated heterocycles. The summed E-state index contributed by atoms with van der Waals surface area (Å²) in [6.45, 7) is -1.65. The van der Waals surface area contributed by atoms with Crippen LogP contribution in [0.4, 0.5) is 11.8 Å². The van der Waals surface area contributed by atoms with E-state index in [9.17, 15) is 33.9 Å². The molecule has 3 aliphatic rings. The van der Waals surface area contributed by atoms with Crippen molar-refractivity contribution in [1.82, 2.24) is 39.0 Å². The summed E-state index contributed by atoms with van der Waals surface area (Å²) in [7, 11) is -10.2. The van der Waals surface area contributed by atoms with Crippen molar-refractivity contribution < 1.29 is 56.7 Å². The molecule has 2 bridgehead atoms. The lowest BCUT2D eigenvalue weighted by Crippen LogP contribution is -2.36. The molecule has 10 atom stereocenters. The van der Waals surface area contributed by atoms with Gasteiger partial charge in [-0.3, -0.25) is 37.0 Å². The average Bonchev–Trinajstić information content (AvgIpc) is 3.72. The predicted octanol–water partition coefficient (Wildman–Crippen LogP) is -2.34. The first-order valence-electron chi connectivity index (χ1n) is 13.0. The van der Waals surface area contributed by atoms with Crippen LogP contribution < -0.4 is 17.0 Å². The number of aliphatic hydroxyl groups excluding tert-OH is 2. The second-order valence-electron chi connectivity index (χ2n) is 10.1. The largest absolute Gasteiger partial charge is 0.472 e. The van der Waals surface area contributed by atoms with E-state index in [-0.39, 0.29) is 34.1 Å². The zero-order valence-corrected chi connectivity index (χ0v) is 24.2. The minimum absolute atomic E-state index is 0.0343. The fourth-order valence-electron chi connectivity index (χ4n) is 5.30. The van der Waals surface area contributed by atoms with Crippen molar-refractivity contribution in [2.75, 3.05) is 24.7 Å². The molecule has 9 N–H and O–H groups in total. The standard InChI is InChI=1S/C20H24N10O13P2/c21-14-8-15(24-3-23-14)29(4-25-8)18-11(32)12-7(41-18)2-39-45(36,37)43-13-10(31)6(1-38-44(34,35)42-12)40-19(13)30-5-26-9-16(30)27-20(22)28-17(9)33/h3-7,10-13,18-19,31-32H,1-2H2,(H,34,35)(H,36,37)(H2,21,23,24)(H3,22,27,28,33)/t6-,7-,10?,11+,12?,13+,18-,19-/m1/s1. The molecule has 0 aliphatic carbocycles. The van der Waals surface area contributed by atoms with Crippen LogP contribution >= 0.6 is 15.6 Å². The SMILES string of the molecule is Nc1nc2c(ncn2[C@@H]2O[C@@H]3COP(=O)(O)OC4[C@@H](COP(=O)(O)O[C@H]2C3O)O[C@@H](n2cnc3c(N)ncnc32)[C@H]4O)c(=O)[nH]1. The Bertz CT molecular complexity index is 1940. The Labute approximate surface area is 248 Å². The molecule has 7 rings (SSSR count). The number of rotatable bonds is 2. The maximum absolute atomic E-state index is 13.2. The van der Waals surface area contributed by atoms with Gasteiger partial charge in [0.1, 0.15) is 48.5 Å². The van der Waals surface area contributed by atoms with Gasteiger partial charge in [-0.25, -0.2) is 29.1 Å². The Morgan fingerprint density at radius 3 is 2.18 bits per heavy atom.